The zero-order valence-corrected chi connectivity index (χ0v) is 10.9. The summed E-state index contributed by atoms with van der Waals surface area (Å²) in [6.07, 6.45) is 1.28. The van der Waals surface area contributed by atoms with Gasteiger partial charge in [0.1, 0.15) is 0 Å². The standard InChI is InChI=1S/C15H16FNO2/c1-10-3-5-12(9-17-10)14(18)8-11-4-6-15(19-2)13(16)7-11/h3-7,9,14,18H,8H2,1-2H3. The lowest BCUT2D eigenvalue weighted by Crippen LogP contribution is -2.03. The zero-order chi connectivity index (χ0) is 13.8. The van der Waals surface area contributed by atoms with Crippen LogP contribution in [0.25, 0.3) is 0 Å². The Kier molecular flexibility index (Phi) is 4.12. The molecule has 1 aromatic carbocycles. The molecule has 0 spiro atoms. The lowest BCUT2D eigenvalue weighted by Gasteiger charge is -2.11. The summed E-state index contributed by atoms with van der Waals surface area (Å²) in [5.74, 6) is -0.218. The maximum Gasteiger partial charge on any atom is 0.165 e. The monoisotopic (exact) mass is 261 g/mol. The van der Waals surface area contributed by atoms with Crippen LogP contribution in [0.15, 0.2) is 36.5 Å². The van der Waals surface area contributed by atoms with Crippen LogP contribution >= 0.6 is 0 Å². The second kappa shape index (κ2) is 5.80. The Morgan fingerprint density at radius 2 is 2.11 bits per heavy atom. The Bertz CT molecular complexity index is 555. The molecule has 1 N–H and O–H groups in total. The van der Waals surface area contributed by atoms with Crippen LogP contribution in [-0.2, 0) is 6.42 Å². The van der Waals surface area contributed by atoms with Crippen LogP contribution in [0, 0.1) is 12.7 Å². The summed E-state index contributed by atoms with van der Waals surface area (Å²) in [6, 6.07) is 8.35. The van der Waals surface area contributed by atoms with Gasteiger partial charge >= 0.3 is 0 Å². The number of aromatic nitrogens is 1. The second-order valence-corrected chi connectivity index (χ2v) is 4.42. The van der Waals surface area contributed by atoms with E-state index in [1.54, 1.807) is 18.3 Å². The number of ether oxygens (including phenoxy) is 1. The molecule has 0 saturated carbocycles. The van der Waals surface area contributed by atoms with E-state index in [2.05, 4.69) is 4.98 Å². The minimum absolute atomic E-state index is 0.204. The summed E-state index contributed by atoms with van der Waals surface area (Å²) in [5, 5.41) is 10.1. The SMILES string of the molecule is COc1ccc(CC(O)c2ccc(C)nc2)cc1F. The van der Waals surface area contributed by atoms with E-state index < -0.39 is 11.9 Å². The van der Waals surface area contributed by atoms with Gasteiger partial charge in [0.15, 0.2) is 11.6 Å². The van der Waals surface area contributed by atoms with Crippen molar-refractivity contribution in [3.05, 3.63) is 59.2 Å². The molecular formula is C15H16FNO2. The molecule has 19 heavy (non-hydrogen) atoms. The van der Waals surface area contributed by atoms with Crippen molar-refractivity contribution in [3.63, 3.8) is 0 Å². The number of aliphatic hydroxyl groups is 1. The smallest absolute Gasteiger partial charge is 0.165 e. The predicted octanol–water partition coefficient (Wildman–Crippen LogP) is 2.81. The number of nitrogens with zero attached hydrogens (tertiary/aromatic N) is 1. The molecule has 0 fully saturated rings. The quantitative estimate of drug-likeness (QED) is 0.920. The predicted molar refractivity (Wildman–Crippen MR) is 70.6 cm³/mol. The average Bonchev–Trinajstić information content (AvgIpc) is 2.39. The van der Waals surface area contributed by atoms with Crippen molar-refractivity contribution in [1.29, 1.82) is 0 Å². The van der Waals surface area contributed by atoms with E-state index in [0.717, 1.165) is 11.3 Å². The normalized spacial score (nSPS) is 12.2. The van der Waals surface area contributed by atoms with E-state index in [1.165, 1.54) is 13.2 Å². The van der Waals surface area contributed by atoms with Gasteiger partial charge in [-0.25, -0.2) is 4.39 Å². The van der Waals surface area contributed by atoms with E-state index in [9.17, 15) is 9.50 Å². The molecule has 4 heteroatoms. The number of benzene rings is 1. The second-order valence-electron chi connectivity index (χ2n) is 4.42. The van der Waals surface area contributed by atoms with Crippen LogP contribution in [0.1, 0.15) is 22.9 Å². The van der Waals surface area contributed by atoms with E-state index in [4.69, 9.17) is 4.74 Å². The van der Waals surface area contributed by atoms with Crippen LogP contribution < -0.4 is 4.74 Å². The Morgan fingerprint density at radius 3 is 2.68 bits per heavy atom. The highest BCUT2D eigenvalue weighted by atomic mass is 19.1. The fourth-order valence-corrected chi connectivity index (χ4v) is 1.85. The first kappa shape index (κ1) is 13.5. The molecule has 0 aliphatic heterocycles. The Balaban J connectivity index is 2.12. The molecule has 2 rings (SSSR count). The van der Waals surface area contributed by atoms with Crippen LogP contribution in [0.3, 0.4) is 0 Å². The number of rotatable bonds is 4. The number of aliphatic hydroxyl groups excluding tert-OH is 1. The third-order valence-electron chi connectivity index (χ3n) is 2.96. The summed E-state index contributed by atoms with van der Waals surface area (Å²) in [4.78, 5) is 4.13. The highest BCUT2D eigenvalue weighted by molar-refractivity contribution is 5.30. The fraction of sp³-hybridized carbons (Fsp3) is 0.267. The minimum atomic E-state index is -0.694. The number of hydrogen-bond acceptors (Lipinski definition) is 3. The number of aryl methyl sites for hydroxylation is 1. The molecule has 1 aromatic heterocycles. The molecule has 100 valence electrons. The topological polar surface area (TPSA) is 42.4 Å². The van der Waals surface area contributed by atoms with Crippen LogP contribution in [0.5, 0.6) is 5.75 Å². The Hall–Kier alpha value is -1.94. The van der Waals surface area contributed by atoms with Gasteiger partial charge in [0.2, 0.25) is 0 Å². The van der Waals surface area contributed by atoms with Crippen molar-refractivity contribution in [2.75, 3.05) is 7.11 Å². The van der Waals surface area contributed by atoms with Crippen molar-refractivity contribution in [2.24, 2.45) is 0 Å². The largest absolute Gasteiger partial charge is 0.494 e. The highest BCUT2D eigenvalue weighted by Gasteiger charge is 2.11. The fourth-order valence-electron chi connectivity index (χ4n) is 1.85. The molecule has 0 saturated heterocycles. The van der Waals surface area contributed by atoms with Gasteiger partial charge in [0, 0.05) is 18.3 Å². The number of halogens is 1. The van der Waals surface area contributed by atoms with Crippen molar-refractivity contribution in [3.8, 4) is 5.75 Å². The third kappa shape index (κ3) is 3.29. The summed E-state index contributed by atoms with van der Waals surface area (Å²) >= 11 is 0. The number of hydrogen-bond donors (Lipinski definition) is 1. The van der Waals surface area contributed by atoms with Gasteiger partial charge in [-0.2, -0.15) is 0 Å². The van der Waals surface area contributed by atoms with Gasteiger partial charge in [-0.15, -0.1) is 0 Å². The summed E-state index contributed by atoms with van der Waals surface area (Å²) in [5.41, 5.74) is 2.33. The van der Waals surface area contributed by atoms with Gasteiger partial charge in [0.25, 0.3) is 0 Å². The summed E-state index contributed by atoms with van der Waals surface area (Å²) in [7, 11) is 1.42. The van der Waals surface area contributed by atoms with Gasteiger partial charge in [-0.3, -0.25) is 4.98 Å². The first-order valence-electron chi connectivity index (χ1n) is 6.03. The molecule has 1 atom stereocenters. The van der Waals surface area contributed by atoms with E-state index >= 15 is 0 Å². The summed E-state index contributed by atoms with van der Waals surface area (Å²) < 4.78 is 18.4. The maximum absolute atomic E-state index is 13.5. The van der Waals surface area contributed by atoms with Crippen LogP contribution in [0.4, 0.5) is 4.39 Å². The zero-order valence-electron chi connectivity index (χ0n) is 10.9. The van der Waals surface area contributed by atoms with Gasteiger partial charge in [0.05, 0.1) is 13.2 Å². The van der Waals surface area contributed by atoms with Gasteiger partial charge in [-0.1, -0.05) is 12.1 Å². The van der Waals surface area contributed by atoms with Crippen molar-refractivity contribution in [1.82, 2.24) is 4.98 Å². The first-order valence-corrected chi connectivity index (χ1v) is 6.03. The Morgan fingerprint density at radius 1 is 1.32 bits per heavy atom. The molecule has 1 unspecified atom stereocenters. The van der Waals surface area contributed by atoms with Crippen LogP contribution in [0.2, 0.25) is 0 Å². The molecular weight excluding hydrogens is 245 g/mol. The first-order chi connectivity index (χ1) is 9.10. The number of methoxy groups -OCH3 is 1. The van der Waals surface area contributed by atoms with Gasteiger partial charge < -0.3 is 9.84 Å². The van der Waals surface area contributed by atoms with E-state index in [-0.39, 0.29) is 5.75 Å². The van der Waals surface area contributed by atoms with Gasteiger partial charge in [-0.05, 0) is 36.2 Å². The third-order valence-corrected chi connectivity index (χ3v) is 2.96. The van der Waals surface area contributed by atoms with Crippen molar-refractivity contribution >= 4 is 0 Å². The molecule has 0 bridgehead atoms. The minimum Gasteiger partial charge on any atom is -0.494 e. The molecule has 0 radical (unpaired) electrons. The van der Waals surface area contributed by atoms with E-state index in [1.807, 2.05) is 19.1 Å². The molecule has 3 nitrogen and oxygen atoms in total. The molecule has 0 aliphatic rings. The lowest BCUT2D eigenvalue weighted by molar-refractivity contribution is 0.178. The van der Waals surface area contributed by atoms with Crippen molar-refractivity contribution in [2.45, 2.75) is 19.4 Å². The summed E-state index contributed by atoms with van der Waals surface area (Å²) in [6.45, 7) is 1.88. The molecule has 0 aliphatic carbocycles. The lowest BCUT2D eigenvalue weighted by atomic mass is 10.0. The van der Waals surface area contributed by atoms with Crippen molar-refractivity contribution < 1.29 is 14.2 Å². The molecule has 0 amide bonds. The molecule has 1 heterocycles. The molecule has 2 aromatic rings. The van der Waals surface area contributed by atoms with E-state index in [0.29, 0.717) is 12.0 Å². The maximum atomic E-state index is 13.5. The average molecular weight is 261 g/mol. The Labute approximate surface area is 111 Å². The number of pyridine rings is 1. The van der Waals surface area contributed by atoms with Crippen LogP contribution in [-0.4, -0.2) is 17.2 Å². The highest BCUT2D eigenvalue weighted by Crippen LogP contribution is 2.22.